The van der Waals surface area contributed by atoms with Crippen molar-refractivity contribution in [1.29, 1.82) is 0 Å². The van der Waals surface area contributed by atoms with Crippen LogP contribution in [0.1, 0.15) is 0 Å². The van der Waals surface area contributed by atoms with Crippen LogP contribution in [0.3, 0.4) is 0 Å². The first-order chi connectivity index (χ1) is 1.41. The van der Waals surface area contributed by atoms with Gasteiger partial charge in [-0.15, -0.1) is 0 Å². The zero-order chi connectivity index (χ0) is 2.71. The molecule has 0 heterocycles. The van der Waals surface area contributed by atoms with Crippen molar-refractivity contribution in [3.63, 3.8) is 0 Å². The molecule has 0 aromatic carbocycles. The van der Waals surface area contributed by atoms with Gasteiger partial charge in [0.15, 0.2) is 0 Å². The van der Waals surface area contributed by atoms with Crippen molar-refractivity contribution < 1.29 is 25.3 Å². The average Bonchev–Trinajstić information content (AvgIpc) is 0.918. The maximum atomic E-state index is 9.12. The van der Waals surface area contributed by atoms with Gasteiger partial charge in [-0.1, -0.05) is 0 Å². The van der Waals surface area contributed by atoms with Gasteiger partial charge >= 0.3 is 33.4 Å². The molecule has 0 saturated carbocycles. The summed E-state index contributed by atoms with van der Waals surface area (Å²) in [6.07, 6.45) is 0. The summed E-state index contributed by atoms with van der Waals surface area (Å²) in [7, 11) is 0. The number of hydrogen-bond donors (Lipinski definition) is 0. The summed E-state index contributed by atoms with van der Waals surface area (Å²) in [5.74, 6) is 0. The Morgan fingerprint density at radius 2 is 1.75 bits per heavy atom. The molecule has 0 aliphatic rings. The Labute approximate surface area is 39.1 Å². The summed E-state index contributed by atoms with van der Waals surface area (Å²) >= 11 is 0.302. The third kappa shape index (κ3) is 12.2. The van der Waals surface area contributed by atoms with E-state index in [0.717, 1.165) is 13.6 Å². The van der Waals surface area contributed by atoms with Gasteiger partial charge in [0.1, 0.15) is 0 Å². The first kappa shape index (κ1) is 8.88. The molecular formula is H4AlMoO2. The Balaban J connectivity index is 0. The van der Waals surface area contributed by atoms with Crippen LogP contribution in [0.25, 0.3) is 0 Å². The fourth-order valence-electron chi connectivity index (χ4n) is 0. The molecule has 4 heteroatoms. The molecule has 25 valence electrons. The van der Waals surface area contributed by atoms with E-state index in [9.17, 15) is 0 Å². The van der Waals surface area contributed by atoms with Crippen molar-refractivity contribution in [1.82, 2.24) is 0 Å². The normalized spacial score (nSPS) is 3.00. The van der Waals surface area contributed by atoms with Crippen LogP contribution in [0.15, 0.2) is 0 Å². The van der Waals surface area contributed by atoms with Gasteiger partial charge in [-0.3, -0.25) is 0 Å². The van der Waals surface area contributed by atoms with Crippen LogP contribution in [0.2, 0.25) is 0 Å². The predicted molar refractivity (Wildman–Crippen MR) is 12.8 cm³/mol. The van der Waals surface area contributed by atoms with Crippen LogP contribution in [-0.2, 0) is 19.8 Å². The molecule has 0 unspecified atom stereocenters. The van der Waals surface area contributed by atoms with Crippen LogP contribution < -0.4 is 0 Å². The fraction of sp³-hybridized carbons (Fsp3) is 0. The molecule has 0 aromatic heterocycles. The molecule has 0 rings (SSSR count). The molecule has 0 aliphatic carbocycles. The topological polar surface area (TPSA) is 48.6 Å². The Morgan fingerprint density at radius 1 is 1.75 bits per heavy atom. The van der Waals surface area contributed by atoms with Crippen molar-refractivity contribution in [2.24, 2.45) is 0 Å². The Morgan fingerprint density at radius 3 is 1.75 bits per heavy atom. The van der Waals surface area contributed by atoms with E-state index in [1.54, 1.807) is 0 Å². The van der Waals surface area contributed by atoms with E-state index in [2.05, 4.69) is 0 Å². The van der Waals surface area contributed by atoms with Gasteiger partial charge in [0.05, 0.1) is 0 Å². The summed E-state index contributed by atoms with van der Waals surface area (Å²) in [5, 5.41) is 0. The molecule has 0 saturated heterocycles. The van der Waals surface area contributed by atoms with Gasteiger partial charge in [-0.25, -0.2) is 0 Å². The molecule has 2 nitrogen and oxygen atoms in total. The van der Waals surface area contributed by atoms with E-state index in [0.29, 0.717) is 0 Å². The average molecular weight is 159 g/mol. The standard InChI is InChI=1S/Al.Mo.H2O.O.2H/h;;1H2;;;. The molecule has 0 aliphatic heterocycles. The zero-order valence-corrected chi connectivity index (χ0v) is 6.32. The summed E-state index contributed by atoms with van der Waals surface area (Å²) in [5.41, 5.74) is 0. The first-order valence-electron chi connectivity index (χ1n) is 0.575. The van der Waals surface area contributed by atoms with E-state index < -0.39 is 16.4 Å². The van der Waals surface area contributed by atoms with Gasteiger partial charge in [0.25, 0.3) is 0 Å². The molecule has 4 heavy (non-hydrogen) atoms. The van der Waals surface area contributed by atoms with Gasteiger partial charge < -0.3 is 5.48 Å². The van der Waals surface area contributed by atoms with E-state index in [-0.39, 0.29) is 5.48 Å². The SMILES string of the molecule is O.[O]=[Mo][AlH2]. The second-order valence-electron chi connectivity index (χ2n) is 0.167. The Hall–Kier alpha value is 0.981. The van der Waals surface area contributed by atoms with Gasteiger partial charge in [-0.2, -0.15) is 0 Å². The molecule has 0 amide bonds. The second-order valence-corrected chi connectivity index (χ2v) is 2.96. The molecule has 0 fully saturated rings. The number of hydrogen-bond acceptors (Lipinski definition) is 1. The van der Waals surface area contributed by atoms with E-state index >= 15 is 0 Å². The Bertz CT molecular complexity index is 13.5. The zero-order valence-electron chi connectivity index (χ0n) is 2.32. The third-order valence-corrected chi connectivity index (χ3v) is 0. The monoisotopic (exact) mass is 161 g/mol. The van der Waals surface area contributed by atoms with Gasteiger partial charge in [-0.05, 0) is 0 Å². The summed E-state index contributed by atoms with van der Waals surface area (Å²) < 4.78 is 9.12. The van der Waals surface area contributed by atoms with Crippen molar-refractivity contribution >= 4 is 13.6 Å². The maximum absolute atomic E-state index is 9.12. The Kier molecular flexibility index (Phi) is 20.0. The van der Waals surface area contributed by atoms with Gasteiger partial charge in [0, 0.05) is 0 Å². The van der Waals surface area contributed by atoms with Crippen LogP contribution in [0.4, 0.5) is 0 Å². The van der Waals surface area contributed by atoms with Gasteiger partial charge in [0.2, 0.25) is 0 Å². The van der Waals surface area contributed by atoms with Crippen LogP contribution in [-0.4, -0.2) is 19.1 Å². The molecule has 2 N–H and O–H groups in total. The van der Waals surface area contributed by atoms with Crippen LogP contribution in [0.5, 0.6) is 0 Å². The summed E-state index contributed by atoms with van der Waals surface area (Å²) in [6.45, 7) is 0. The van der Waals surface area contributed by atoms with Crippen molar-refractivity contribution in [2.75, 3.05) is 0 Å². The minimum atomic E-state index is -0.641. The quantitative estimate of drug-likeness (QED) is 0.382. The number of rotatable bonds is 0. The van der Waals surface area contributed by atoms with E-state index in [1.165, 1.54) is 0 Å². The van der Waals surface area contributed by atoms with Crippen LogP contribution in [0, 0.1) is 0 Å². The fourth-order valence-corrected chi connectivity index (χ4v) is 0. The van der Waals surface area contributed by atoms with Crippen molar-refractivity contribution in [3.05, 3.63) is 0 Å². The van der Waals surface area contributed by atoms with Crippen molar-refractivity contribution in [3.8, 4) is 0 Å². The summed E-state index contributed by atoms with van der Waals surface area (Å²) in [6, 6.07) is 0. The molecule has 0 atom stereocenters. The molecule has 0 bridgehead atoms. The van der Waals surface area contributed by atoms with E-state index in [1.807, 2.05) is 0 Å². The second kappa shape index (κ2) is 9.01. The predicted octanol–water partition coefficient (Wildman–Crippen LogP) is -1.86. The third-order valence-electron chi connectivity index (χ3n) is 0. The van der Waals surface area contributed by atoms with Crippen molar-refractivity contribution in [2.45, 2.75) is 0 Å². The molecule has 0 aromatic rings. The minimum absolute atomic E-state index is 0. The first-order valence-corrected chi connectivity index (χ1v) is 8.23. The molecular weight excluding hydrogens is 155 g/mol. The summed E-state index contributed by atoms with van der Waals surface area (Å²) in [4.78, 5) is 0. The molecule has 0 radical (unpaired) electrons. The van der Waals surface area contributed by atoms with Crippen LogP contribution >= 0.6 is 0 Å². The van der Waals surface area contributed by atoms with E-state index in [4.69, 9.17) is 3.40 Å². The molecule has 0 spiro atoms.